The first kappa shape index (κ1) is 20.1. The lowest BCUT2D eigenvalue weighted by Gasteiger charge is -2.43. The summed E-state index contributed by atoms with van der Waals surface area (Å²) >= 11 is 0. The van der Waals surface area contributed by atoms with Crippen LogP contribution in [0.5, 0.6) is 0 Å². The second kappa shape index (κ2) is 6.05. The molecule has 0 aliphatic rings. The summed E-state index contributed by atoms with van der Waals surface area (Å²) in [5, 5.41) is 9.55. The Balaban J connectivity index is 5.50. The SMILES string of the molecule is C[Si](C)(C)N(/N=N/N([Si](C)(C)C)[Si](C)(C)C)[Si](C)(C)C. The van der Waals surface area contributed by atoms with E-state index in [4.69, 9.17) is 10.4 Å². The van der Waals surface area contributed by atoms with Crippen LogP contribution in [0.4, 0.5) is 0 Å². The fraction of sp³-hybridized carbons (Fsp3) is 1.00. The molecule has 0 fully saturated rings. The molecule has 0 saturated carbocycles. The van der Waals surface area contributed by atoms with Gasteiger partial charge in [0.15, 0.2) is 32.9 Å². The van der Waals surface area contributed by atoms with E-state index in [0.717, 1.165) is 0 Å². The van der Waals surface area contributed by atoms with Crippen LogP contribution in [0, 0.1) is 0 Å². The molecule has 0 bridgehead atoms. The Morgan fingerprint density at radius 2 is 0.550 bits per heavy atom. The monoisotopic (exact) mass is 348 g/mol. The summed E-state index contributed by atoms with van der Waals surface area (Å²) < 4.78 is 4.79. The fourth-order valence-electron chi connectivity index (χ4n) is 2.63. The second-order valence-electron chi connectivity index (χ2n) is 9.49. The molecule has 0 aromatic heterocycles. The topological polar surface area (TPSA) is 31.2 Å². The quantitative estimate of drug-likeness (QED) is 0.375. The van der Waals surface area contributed by atoms with Crippen molar-refractivity contribution in [3.05, 3.63) is 0 Å². The van der Waals surface area contributed by atoms with Crippen molar-refractivity contribution in [1.29, 1.82) is 0 Å². The molecular formula is C12H36N4Si4. The summed E-state index contributed by atoms with van der Waals surface area (Å²) in [7, 11) is -5.87. The van der Waals surface area contributed by atoms with Gasteiger partial charge in [0.2, 0.25) is 0 Å². The van der Waals surface area contributed by atoms with Crippen LogP contribution < -0.4 is 0 Å². The number of hydrogen-bond donors (Lipinski definition) is 0. The summed E-state index contributed by atoms with van der Waals surface area (Å²) in [6, 6.07) is 0. The Kier molecular flexibility index (Phi) is 6.07. The van der Waals surface area contributed by atoms with E-state index in [0.29, 0.717) is 0 Å². The molecule has 0 aromatic rings. The van der Waals surface area contributed by atoms with Crippen molar-refractivity contribution in [2.75, 3.05) is 0 Å². The summed E-state index contributed by atoms with van der Waals surface area (Å²) in [4.78, 5) is 0. The van der Waals surface area contributed by atoms with E-state index in [9.17, 15) is 0 Å². The molecule has 0 aromatic carbocycles. The third kappa shape index (κ3) is 6.23. The van der Waals surface area contributed by atoms with Gasteiger partial charge in [-0.3, -0.25) is 0 Å². The highest BCUT2D eigenvalue weighted by atomic mass is 28.4. The molecule has 0 N–H and O–H groups in total. The first-order valence-electron chi connectivity index (χ1n) is 7.49. The molecule has 4 nitrogen and oxygen atoms in total. The van der Waals surface area contributed by atoms with Crippen molar-refractivity contribution < 1.29 is 0 Å². The van der Waals surface area contributed by atoms with Gasteiger partial charge in [-0.05, 0) is 0 Å². The van der Waals surface area contributed by atoms with Gasteiger partial charge in [0.1, 0.15) is 0 Å². The van der Waals surface area contributed by atoms with E-state index in [1.165, 1.54) is 0 Å². The molecule has 0 aliphatic heterocycles. The van der Waals surface area contributed by atoms with Gasteiger partial charge in [-0.15, -0.1) is 0 Å². The predicted octanol–water partition coefficient (Wildman–Crippen LogP) is 5.21. The molecule has 0 spiro atoms. The van der Waals surface area contributed by atoms with Crippen molar-refractivity contribution in [3.8, 4) is 0 Å². The number of rotatable bonds is 6. The Labute approximate surface area is 131 Å². The van der Waals surface area contributed by atoms with Gasteiger partial charge in [0.05, 0.1) is 0 Å². The molecule has 0 amide bonds. The van der Waals surface area contributed by atoms with Crippen molar-refractivity contribution in [2.45, 2.75) is 78.6 Å². The van der Waals surface area contributed by atoms with Crippen LogP contribution in [0.3, 0.4) is 0 Å². The molecule has 0 aliphatic carbocycles. The molecule has 0 rings (SSSR count). The summed E-state index contributed by atoms with van der Waals surface area (Å²) in [5.74, 6) is 0. The lowest BCUT2D eigenvalue weighted by atomic mass is 11.8. The molecule has 0 heterocycles. The highest BCUT2D eigenvalue weighted by molar-refractivity contribution is 6.90. The molecule has 0 radical (unpaired) electrons. The predicted molar refractivity (Wildman–Crippen MR) is 102 cm³/mol. The molecule has 0 saturated heterocycles. The minimum atomic E-state index is -1.47. The maximum absolute atomic E-state index is 4.78. The lowest BCUT2D eigenvalue weighted by Crippen LogP contribution is -2.58. The highest BCUT2D eigenvalue weighted by Crippen LogP contribution is 2.24. The average Bonchev–Trinajstić information content (AvgIpc) is 2.02. The first-order valence-corrected chi connectivity index (χ1v) is 21.3. The largest absolute Gasteiger partial charge is 0.331 e. The minimum absolute atomic E-state index is 1.47. The normalized spacial score (nSPS) is 14.8. The third-order valence-corrected chi connectivity index (χ3v) is 16.3. The van der Waals surface area contributed by atoms with Crippen molar-refractivity contribution >= 4 is 32.9 Å². The Bertz CT molecular complexity index is 282. The van der Waals surface area contributed by atoms with E-state index in [2.05, 4.69) is 87.2 Å². The molecule has 20 heavy (non-hydrogen) atoms. The van der Waals surface area contributed by atoms with Crippen LogP contribution >= 0.6 is 0 Å². The summed E-state index contributed by atoms with van der Waals surface area (Å²) in [6.45, 7) is 28.3. The Hall–Kier alpha value is 0.0675. The summed E-state index contributed by atoms with van der Waals surface area (Å²) in [5.41, 5.74) is 0. The van der Waals surface area contributed by atoms with E-state index in [1.54, 1.807) is 0 Å². The highest BCUT2D eigenvalue weighted by Gasteiger charge is 2.37. The van der Waals surface area contributed by atoms with E-state index in [-0.39, 0.29) is 0 Å². The van der Waals surface area contributed by atoms with Crippen LogP contribution in [-0.2, 0) is 0 Å². The van der Waals surface area contributed by atoms with Crippen molar-refractivity contribution in [3.63, 3.8) is 0 Å². The van der Waals surface area contributed by atoms with Gasteiger partial charge in [-0.1, -0.05) is 89.0 Å². The maximum atomic E-state index is 4.78. The van der Waals surface area contributed by atoms with Crippen LogP contribution in [0.25, 0.3) is 0 Å². The number of hydrogen-bond acceptors (Lipinski definition) is 2. The van der Waals surface area contributed by atoms with Gasteiger partial charge in [0.25, 0.3) is 0 Å². The lowest BCUT2D eigenvalue weighted by molar-refractivity contribution is 0.504. The standard InChI is InChI=1S/C12H36N4Si4/c1-17(2,3)15(18(4,5)6)13-14-16(19(7,8)9)20(10,11)12/h1-12H3/b14-13+. The van der Waals surface area contributed by atoms with Crippen molar-refractivity contribution in [1.82, 2.24) is 8.68 Å². The van der Waals surface area contributed by atoms with Crippen LogP contribution in [0.15, 0.2) is 10.4 Å². The Morgan fingerprint density at radius 3 is 0.650 bits per heavy atom. The third-order valence-electron chi connectivity index (χ3n) is 2.76. The molecule has 8 heteroatoms. The maximum Gasteiger partial charge on any atom is 0.160 e. The molecular weight excluding hydrogens is 313 g/mol. The Morgan fingerprint density at radius 1 is 0.400 bits per heavy atom. The minimum Gasteiger partial charge on any atom is -0.331 e. The zero-order valence-electron chi connectivity index (χ0n) is 15.8. The van der Waals surface area contributed by atoms with Gasteiger partial charge < -0.3 is 8.68 Å². The zero-order valence-corrected chi connectivity index (χ0v) is 19.8. The van der Waals surface area contributed by atoms with Gasteiger partial charge in [-0.25, -0.2) is 0 Å². The summed E-state index contributed by atoms with van der Waals surface area (Å²) in [6.07, 6.45) is 0. The van der Waals surface area contributed by atoms with Gasteiger partial charge in [-0.2, -0.15) is 0 Å². The fourth-order valence-corrected chi connectivity index (χ4v) is 20.0. The second-order valence-corrected chi connectivity index (χ2v) is 29.4. The average molecular weight is 349 g/mol. The molecule has 0 atom stereocenters. The van der Waals surface area contributed by atoms with Crippen LogP contribution in [0.2, 0.25) is 78.6 Å². The van der Waals surface area contributed by atoms with Crippen molar-refractivity contribution in [2.24, 2.45) is 10.4 Å². The van der Waals surface area contributed by atoms with E-state index >= 15 is 0 Å². The molecule has 120 valence electrons. The van der Waals surface area contributed by atoms with Gasteiger partial charge in [0, 0.05) is 0 Å². The number of nitrogens with zero attached hydrogens (tertiary/aromatic N) is 4. The first-order chi connectivity index (χ1) is 8.47. The van der Waals surface area contributed by atoms with E-state index in [1.807, 2.05) is 0 Å². The molecule has 0 unspecified atom stereocenters. The van der Waals surface area contributed by atoms with E-state index < -0.39 is 32.9 Å². The van der Waals surface area contributed by atoms with Crippen LogP contribution in [-0.4, -0.2) is 41.6 Å². The smallest absolute Gasteiger partial charge is 0.160 e. The van der Waals surface area contributed by atoms with Crippen LogP contribution in [0.1, 0.15) is 0 Å². The van der Waals surface area contributed by atoms with Gasteiger partial charge >= 0.3 is 0 Å². The zero-order chi connectivity index (χ0) is 16.6.